The predicted molar refractivity (Wildman–Crippen MR) is 98.1 cm³/mol. The van der Waals surface area contributed by atoms with Crippen molar-refractivity contribution in [2.75, 3.05) is 0 Å². The molecule has 0 amide bonds. The van der Waals surface area contributed by atoms with Crippen LogP contribution in [0.2, 0.25) is 0 Å². The van der Waals surface area contributed by atoms with Crippen molar-refractivity contribution in [1.82, 2.24) is 0 Å². The summed E-state index contributed by atoms with van der Waals surface area (Å²) in [7, 11) is 0. The molecule has 0 N–H and O–H groups in total. The minimum absolute atomic E-state index is 0.415. The van der Waals surface area contributed by atoms with Gasteiger partial charge in [0.05, 0.1) is 0 Å². The third-order valence-corrected chi connectivity index (χ3v) is 4.41. The number of carbonyl (C=O) groups excluding carboxylic acids is 2. The molecule has 1 aromatic carbocycles. The topological polar surface area (TPSA) is 43.4 Å². The lowest BCUT2D eigenvalue weighted by molar-refractivity contribution is -0.151. The van der Waals surface area contributed by atoms with Crippen LogP contribution in [-0.4, -0.2) is 11.8 Å². The average molecular weight is 332 g/mol. The number of hydrogen-bond acceptors (Lipinski definition) is 3. The molecule has 0 bridgehead atoms. The number of carbonyl (C=O) groups is 2. The largest absolute Gasteiger partial charge is 0.421 e. The van der Waals surface area contributed by atoms with Crippen LogP contribution in [0, 0.1) is 5.41 Å². The van der Waals surface area contributed by atoms with E-state index in [-0.39, 0.29) is 0 Å². The van der Waals surface area contributed by atoms with E-state index >= 15 is 0 Å². The van der Waals surface area contributed by atoms with Crippen molar-refractivity contribution in [2.24, 2.45) is 5.41 Å². The lowest BCUT2D eigenvalue weighted by Gasteiger charge is -2.21. The summed E-state index contributed by atoms with van der Waals surface area (Å²) in [5.74, 6) is -0.779. The van der Waals surface area contributed by atoms with Crippen LogP contribution in [0.3, 0.4) is 0 Å². The van der Waals surface area contributed by atoms with Gasteiger partial charge in [-0.05, 0) is 18.6 Å². The number of esters is 1. The van der Waals surface area contributed by atoms with Crippen LogP contribution in [0.15, 0.2) is 30.3 Å². The molecule has 0 radical (unpaired) electrons. The van der Waals surface area contributed by atoms with Crippen LogP contribution in [0.25, 0.3) is 0 Å². The fraction of sp³-hybridized carbons (Fsp3) is 0.619. The Bertz CT molecular complexity index is 491. The lowest BCUT2D eigenvalue weighted by Crippen LogP contribution is -2.34. The Balaban J connectivity index is 2.28. The molecule has 1 rings (SSSR count). The predicted octanol–water partition coefficient (Wildman–Crippen LogP) is 5.72. The second kappa shape index (κ2) is 11.0. The SMILES string of the molecule is CCCCCCCCCCC(C)(C)C(=O)C(=O)Oc1ccccc1. The molecule has 0 saturated heterocycles. The second-order valence-electron chi connectivity index (χ2n) is 7.14. The molecule has 24 heavy (non-hydrogen) atoms. The first-order chi connectivity index (χ1) is 11.5. The molecule has 0 atom stereocenters. The number of unbranched alkanes of at least 4 members (excludes halogenated alkanes) is 7. The van der Waals surface area contributed by atoms with E-state index in [0.29, 0.717) is 5.75 Å². The summed E-state index contributed by atoms with van der Waals surface area (Å²) in [6.45, 7) is 5.90. The molecule has 134 valence electrons. The van der Waals surface area contributed by atoms with Gasteiger partial charge in [0.25, 0.3) is 0 Å². The highest BCUT2D eigenvalue weighted by Crippen LogP contribution is 2.26. The molecule has 3 nitrogen and oxygen atoms in total. The van der Waals surface area contributed by atoms with Gasteiger partial charge in [0.1, 0.15) is 5.75 Å². The van der Waals surface area contributed by atoms with Crippen LogP contribution < -0.4 is 4.74 Å². The van der Waals surface area contributed by atoms with Crippen LogP contribution in [0.1, 0.15) is 78.6 Å². The van der Waals surface area contributed by atoms with Gasteiger partial charge in [-0.3, -0.25) is 4.79 Å². The van der Waals surface area contributed by atoms with Gasteiger partial charge in [0, 0.05) is 5.41 Å². The molecular weight excluding hydrogens is 300 g/mol. The van der Waals surface area contributed by atoms with Gasteiger partial charge in [0.15, 0.2) is 0 Å². The highest BCUT2D eigenvalue weighted by Gasteiger charge is 2.33. The number of benzene rings is 1. The van der Waals surface area contributed by atoms with Crippen LogP contribution in [0.4, 0.5) is 0 Å². The Morgan fingerprint density at radius 3 is 2.00 bits per heavy atom. The average Bonchev–Trinajstić information content (AvgIpc) is 2.57. The summed E-state index contributed by atoms with van der Waals surface area (Å²) in [5.41, 5.74) is -0.659. The standard InChI is InChI=1S/C21H32O3/c1-4-5-6-7-8-9-10-14-17-21(2,3)19(22)20(23)24-18-15-12-11-13-16-18/h11-13,15-16H,4-10,14,17H2,1-3H3. The Kier molecular flexibility index (Phi) is 9.36. The summed E-state index contributed by atoms with van der Waals surface area (Å²) < 4.78 is 5.16. The van der Waals surface area contributed by atoms with Gasteiger partial charge in [-0.1, -0.05) is 90.3 Å². The summed E-state index contributed by atoms with van der Waals surface area (Å²) in [6.07, 6.45) is 10.5. The number of rotatable bonds is 12. The molecular formula is C21H32O3. The van der Waals surface area contributed by atoms with Gasteiger partial charge in [-0.2, -0.15) is 0 Å². The number of ketones is 1. The maximum atomic E-state index is 12.3. The highest BCUT2D eigenvalue weighted by atomic mass is 16.5. The molecule has 0 aliphatic heterocycles. The number of ether oxygens (including phenoxy) is 1. The van der Waals surface area contributed by atoms with Gasteiger partial charge in [0.2, 0.25) is 5.78 Å². The van der Waals surface area contributed by atoms with Crippen molar-refractivity contribution in [1.29, 1.82) is 0 Å². The first kappa shape index (κ1) is 20.4. The number of para-hydroxylation sites is 1. The highest BCUT2D eigenvalue weighted by molar-refractivity contribution is 6.36. The molecule has 3 heteroatoms. The van der Waals surface area contributed by atoms with E-state index in [4.69, 9.17) is 4.74 Å². The summed E-state index contributed by atoms with van der Waals surface area (Å²) in [5, 5.41) is 0. The van der Waals surface area contributed by atoms with Gasteiger partial charge in [-0.25, -0.2) is 4.79 Å². The Hall–Kier alpha value is -1.64. The minimum Gasteiger partial charge on any atom is -0.421 e. The van der Waals surface area contributed by atoms with E-state index in [2.05, 4.69) is 6.92 Å². The summed E-state index contributed by atoms with van der Waals surface area (Å²) in [4.78, 5) is 24.4. The monoisotopic (exact) mass is 332 g/mol. The van der Waals surface area contributed by atoms with E-state index in [1.54, 1.807) is 24.3 Å². The van der Waals surface area contributed by atoms with Crippen molar-refractivity contribution >= 4 is 11.8 Å². The summed E-state index contributed by atoms with van der Waals surface area (Å²) in [6, 6.07) is 8.75. The first-order valence-electron chi connectivity index (χ1n) is 9.29. The minimum atomic E-state index is -0.759. The molecule has 0 aliphatic rings. The Morgan fingerprint density at radius 2 is 1.42 bits per heavy atom. The quantitative estimate of drug-likeness (QED) is 0.213. The van der Waals surface area contributed by atoms with Gasteiger partial charge >= 0.3 is 5.97 Å². The fourth-order valence-corrected chi connectivity index (χ4v) is 2.73. The van der Waals surface area contributed by atoms with Gasteiger partial charge in [-0.15, -0.1) is 0 Å². The number of Topliss-reactive ketones (excluding diaryl/α,β-unsaturated/α-hetero) is 1. The van der Waals surface area contributed by atoms with Gasteiger partial charge < -0.3 is 4.74 Å². The first-order valence-corrected chi connectivity index (χ1v) is 9.29. The van der Waals surface area contributed by atoms with Crippen LogP contribution in [-0.2, 0) is 9.59 Å². The van der Waals surface area contributed by atoms with Crippen molar-refractivity contribution in [2.45, 2.75) is 78.6 Å². The van der Waals surface area contributed by atoms with E-state index in [9.17, 15) is 9.59 Å². The molecule has 1 aromatic rings. The maximum Gasteiger partial charge on any atom is 0.380 e. The second-order valence-corrected chi connectivity index (χ2v) is 7.14. The van der Waals surface area contributed by atoms with Crippen molar-refractivity contribution < 1.29 is 14.3 Å². The molecule has 0 fully saturated rings. The van der Waals surface area contributed by atoms with E-state index in [1.807, 2.05) is 19.9 Å². The van der Waals surface area contributed by atoms with Crippen LogP contribution >= 0.6 is 0 Å². The smallest absolute Gasteiger partial charge is 0.380 e. The normalized spacial score (nSPS) is 11.3. The summed E-state index contributed by atoms with van der Waals surface area (Å²) >= 11 is 0. The maximum absolute atomic E-state index is 12.3. The third kappa shape index (κ3) is 7.76. The lowest BCUT2D eigenvalue weighted by atomic mass is 9.82. The molecule has 0 unspecified atom stereocenters. The fourth-order valence-electron chi connectivity index (χ4n) is 2.73. The van der Waals surface area contributed by atoms with E-state index in [0.717, 1.165) is 19.3 Å². The Labute approximate surface area is 146 Å². The van der Waals surface area contributed by atoms with E-state index in [1.165, 1.54) is 38.5 Å². The zero-order valence-corrected chi connectivity index (χ0v) is 15.5. The zero-order chi connectivity index (χ0) is 17.8. The van der Waals surface area contributed by atoms with Crippen molar-refractivity contribution in [3.05, 3.63) is 30.3 Å². The van der Waals surface area contributed by atoms with Crippen molar-refractivity contribution in [3.8, 4) is 5.75 Å². The van der Waals surface area contributed by atoms with Crippen LogP contribution in [0.5, 0.6) is 5.75 Å². The van der Waals surface area contributed by atoms with E-state index < -0.39 is 17.2 Å². The molecule has 0 aromatic heterocycles. The third-order valence-electron chi connectivity index (χ3n) is 4.41. The Morgan fingerprint density at radius 1 is 0.875 bits per heavy atom. The zero-order valence-electron chi connectivity index (χ0n) is 15.5. The molecule has 0 heterocycles. The number of hydrogen-bond donors (Lipinski definition) is 0. The molecule has 0 aliphatic carbocycles. The van der Waals surface area contributed by atoms with Crippen molar-refractivity contribution in [3.63, 3.8) is 0 Å². The molecule has 0 spiro atoms. The molecule has 0 saturated carbocycles.